The monoisotopic (exact) mass is 462 g/mol. The van der Waals surface area contributed by atoms with Gasteiger partial charge in [0.25, 0.3) is 0 Å². The van der Waals surface area contributed by atoms with E-state index in [9.17, 15) is 9.65 Å². The zero-order valence-corrected chi connectivity index (χ0v) is 19.0. The summed E-state index contributed by atoms with van der Waals surface area (Å²) in [5.41, 5.74) is 2.97. The molecule has 6 aromatic rings. The van der Waals surface area contributed by atoms with Gasteiger partial charge in [-0.25, -0.2) is 4.39 Å². The van der Waals surface area contributed by atoms with E-state index in [0.29, 0.717) is 38.8 Å². The van der Waals surface area contributed by atoms with Gasteiger partial charge in [0.05, 0.1) is 18.6 Å². The van der Waals surface area contributed by atoms with Crippen molar-refractivity contribution in [3.05, 3.63) is 101 Å². The Balaban J connectivity index is 1.74. The van der Waals surface area contributed by atoms with Crippen molar-refractivity contribution in [2.75, 3.05) is 0 Å². The lowest BCUT2D eigenvalue weighted by Gasteiger charge is -2.07. The first-order chi connectivity index (χ1) is 19.0. The minimum absolute atomic E-state index is 0.0624. The lowest BCUT2D eigenvalue weighted by atomic mass is 9.94. The van der Waals surface area contributed by atoms with Crippen LogP contribution in [-0.4, -0.2) is 0 Å². The van der Waals surface area contributed by atoms with E-state index in [2.05, 4.69) is 6.07 Å². The predicted molar refractivity (Wildman–Crippen MR) is 137 cm³/mol. The zero-order chi connectivity index (χ0) is 28.5. The second-order valence-electron chi connectivity index (χ2n) is 8.61. The van der Waals surface area contributed by atoms with Crippen LogP contribution in [0.1, 0.15) is 23.5 Å². The summed E-state index contributed by atoms with van der Waals surface area (Å²) in [5, 5.41) is 13.5. The number of rotatable bonds is 2. The van der Waals surface area contributed by atoms with E-state index in [-0.39, 0.29) is 5.69 Å². The average molecular weight is 463 g/mol. The van der Waals surface area contributed by atoms with Crippen LogP contribution in [-0.2, 0) is 7.05 Å². The smallest absolute Gasteiger partial charge is 0.216 e. The maximum atomic E-state index is 15.0. The maximum absolute atomic E-state index is 15.0. The number of benzene rings is 4. The molecular formula is C31H22FN2O+. The Labute approximate surface area is 209 Å². The molecule has 3 nitrogen and oxygen atoms in total. The van der Waals surface area contributed by atoms with Gasteiger partial charge in [-0.15, -0.1) is 0 Å². The topological polar surface area (TPSA) is 40.8 Å². The molecule has 2 aromatic heterocycles. The normalized spacial score (nSPS) is 13.8. The molecule has 0 unspecified atom stereocenters. The standard InChI is InChI=1S/C31H22FN2O/c1-18-8-12-24-25-13-11-23(16-33)29(22-10-9-20-6-4-5-7-21(20)15-22)31(25)35-30(24)28(18)27-14-19(2)26(32)17-34(27)3/h4-15,17H,1-3H3/q+1/i2D3,14D,17D. The molecule has 168 valence electrons. The summed E-state index contributed by atoms with van der Waals surface area (Å²) in [4.78, 5) is 0. The van der Waals surface area contributed by atoms with E-state index in [4.69, 9.17) is 11.3 Å². The number of aromatic nitrogens is 1. The molecule has 0 atom stereocenters. The van der Waals surface area contributed by atoms with E-state index in [1.54, 1.807) is 19.1 Å². The molecular weight excluding hydrogens is 435 g/mol. The molecule has 0 spiro atoms. The molecule has 0 aliphatic rings. The number of hydrogen-bond donors (Lipinski definition) is 0. The first-order valence-electron chi connectivity index (χ1n) is 13.6. The Kier molecular flexibility index (Phi) is 3.60. The van der Waals surface area contributed by atoms with Gasteiger partial charge in [0.15, 0.2) is 5.82 Å². The summed E-state index contributed by atoms with van der Waals surface area (Å²) < 4.78 is 63.2. The maximum Gasteiger partial charge on any atom is 0.216 e. The van der Waals surface area contributed by atoms with Gasteiger partial charge in [-0.2, -0.15) is 9.83 Å². The molecule has 35 heavy (non-hydrogen) atoms. The third-order valence-corrected chi connectivity index (χ3v) is 6.48. The highest BCUT2D eigenvalue weighted by atomic mass is 19.1. The highest BCUT2D eigenvalue weighted by Crippen LogP contribution is 2.42. The van der Waals surface area contributed by atoms with Crippen LogP contribution < -0.4 is 4.57 Å². The van der Waals surface area contributed by atoms with Crippen molar-refractivity contribution in [2.45, 2.75) is 13.8 Å². The first kappa shape index (κ1) is 16.2. The summed E-state index contributed by atoms with van der Waals surface area (Å²) >= 11 is 0. The third kappa shape index (κ3) is 3.20. The van der Waals surface area contributed by atoms with Gasteiger partial charge in [-0.3, -0.25) is 0 Å². The van der Waals surface area contributed by atoms with Gasteiger partial charge in [0, 0.05) is 26.5 Å². The van der Waals surface area contributed by atoms with Crippen LogP contribution in [0.25, 0.3) is 55.1 Å². The van der Waals surface area contributed by atoms with Gasteiger partial charge in [0.1, 0.15) is 19.6 Å². The molecule has 0 bridgehead atoms. The van der Waals surface area contributed by atoms with Crippen molar-refractivity contribution in [3.8, 4) is 28.5 Å². The van der Waals surface area contributed by atoms with Crippen LogP contribution in [0.2, 0.25) is 0 Å². The van der Waals surface area contributed by atoms with Crippen molar-refractivity contribution in [1.29, 1.82) is 5.26 Å². The number of aryl methyl sites for hydroxylation is 1. The number of nitrogens with zero attached hydrogens (tertiary/aromatic N) is 2. The fourth-order valence-electron chi connectivity index (χ4n) is 4.77. The van der Waals surface area contributed by atoms with Gasteiger partial charge in [-0.05, 0) is 59.4 Å². The van der Waals surface area contributed by atoms with Crippen LogP contribution in [0.3, 0.4) is 0 Å². The van der Waals surface area contributed by atoms with Crippen LogP contribution >= 0.6 is 0 Å². The highest BCUT2D eigenvalue weighted by molar-refractivity contribution is 6.14. The highest BCUT2D eigenvalue weighted by Gasteiger charge is 2.24. The number of hydrogen-bond acceptors (Lipinski definition) is 2. The Morgan fingerprint density at radius 3 is 2.46 bits per heavy atom. The fourth-order valence-corrected chi connectivity index (χ4v) is 4.77. The Hall–Kier alpha value is -4.49. The lowest BCUT2D eigenvalue weighted by Crippen LogP contribution is -2.31. The molecule has 0 amide bonds. The van der Waals surface area contributed by atoms with Gasteiger partial charge < -0.3 is 4.42 Å². The largest absolute Gasteiger partial charge is 0.454 e. The van der Waals surface area contributed by atoms with Crippen molar-refractivity contribution in [3.63, 3.8) is 0 Å². The number of nitriles is 1. The molecule has 2 heterocycles. The zero-order valence-electron chi connectivity index (χ0n) is 24.0. The van der Waals surface area contributed by atoms with Crippen LogP contribution in [0, 0.1) is 30.9 Å². The third-order valence-electron chi connectivity index (χ3n) is 6.48. The molecule has 4 heteroatoms. The Morgan fingerprint density at radius 2 is 1.69 bits per heavy atom. The van der Waals surface area contributed by atoms with Crippen molar-refractivity contribution in [1.82, 2.24) is 0 Å². The van der Waals surface area contributed by atoms with Crippen LogP contribution in [0.15, 0.2) is 83.4 Å². The number of fused-ring (bicyclic) bond motifs is 4. The summed E-state index contributed by atoms with van der Waals surface area (Å²) in [7, 11) is 1.43. The van der Waals surface area contributed by atoms with E-state index >= 15 is 0 Å². The molecule has 0 saturated carbocycles. The summed E-state index contributed by atoms with van der Waals surface area (Å²) in [6.45, 7) is -1.14. The molecule has 0 aliphatic carbocycles. The van der Waals surface area contributed by atoms with Crippen LogP contribution in [0.4, 0.5) is 4.39 Å². The Bertz CT molecular complexity index is 2070. The van der Waals surface area contributed by atoms with E-state index in [1.165, 1.54) is 11.6 Å². The van der Waals surface area contributed by atoms with Gasteiger partial charge in [0.2, 0.25) is 11.9 Å². The molecule has 6 rings (SSSR count). The predicted octanol–water partition coefficient (Wildman–Crippen LogP) is 7.53. The minimum Gasteiger partial charge on any atom is -0.454 e. The Morgan fingerprint density at radius 1 is 0.943 bits per heavy atom. The van der Waals surface area contributed by atoms with E-state index in [1.807, 2.05) is 54.6 Å². The summed E-state index contributed by atoms with van der Waals surface area (Å²) in [6.07, 6.45) is -0.645. The van der Waals surface area contributed by atoms with Gasteiger partial charge in [-0.1, -0.05) is 48.5 Å². The first-order valence-corrected chi connectivity index (χ1v) is 11.1. The second-order valence-corrected chi connectivity index (χ2v) is 8.61. The summed E-state index contributed by atoms with van der Waals surface area (Å²) in [6, 6.07) is 22.8. The SMILES string of the molecule is [2H]c1c(C([2H])([2H])[2H])c(F)c([2H])[n+](C)c1-c1c(C)ccc2c1oc1c(-c3ccc4ccccc4c3)c(C#N)ccc12. The lowest BCUT2D eigenvalue weighted by molar-refractivity contribution is -0.662. The van der Waals surface area contributed by atoms with Crippen molar-refractivity contribution < 1.29 is 20.2 Å². The quantitative estimate of drug-likeness (QED) is 0.250. The average Bonchev–Trinajstić information content (AvgIpc) is 3.30. The number of pyridine rings is 1. The molecule has 4 aromatic carbocycles. The number of halogens is 1. The minimum atomic E-state index is -2.93. The van der Waals surface area contributed by atoms with E-state index in [0.717, 1.165) is 21.7 Å². The van der Waals surface area contributed by atoms with Crippen molar-refractivity contribution >= 4 is 32.7 Å². The molecule has 0 fully saturated rings. The molecule has 0 aliphatic heterocycles. The van der Waals surface area contributed by atoms with E-state index < -0.39 is 30.4 Å². The van der Waals surface area contributed by atoms with Gasteiger partial charge >= 0.3 is 0 Å². The molecule has 0 saturated heterocycles. The fraction of sp³-hybridized carbons (Fsp3) is 0.0968. The van der Waals surface area contributed by atoms with Crippen LogP contribution in [0.5, 0.6) is 0 Å². The molecule has 0 N–H and O–H groups in total. The van der Waals surface area contributed by atoms with Crippen molar-refractivity contribution in [2.24, 2.45) is 7.05 Å². The second kappa shape index (κ2) is 7.78. The number of furan rings is 1. The molecule has 0 radical (unpaired) electrons. The summed E-state index contributed by atoms with van der Waals surface area (Å²) in [5.74, 6) is -1.25.